The molecule has 0 bridgehead atoms. The van der Waals surface area contributed by atoms with Gasteiger partial charge in [-0.25, -0.2) is 4.79 Å². The van der Waals surface area contributed by atoms with Gasteiger partial charge in [-0.2, -0.15) is 0 Å². The average Bonchev–Trinajstić information content (AvgIpc) is 2.68. The van der Waals surface area contributed by atoms with Gasteiger partial charge in [0.2, 0.25) is 0 Å². The largest absolute Gasteiger partial charge is 0.449 e. The Bertz CT molecular complexity index is 931. The maximum absolute atomic E-state index is 12.5. The van der Waals surface area contributed by atoms with E-state index in [0.29, 0.717) is 0 Å². The lowest BCUT2D eigenvalue weighted by molar-refractivity contribution is -0.384. The van der Waals surface area contributed by atoms with Gasteiger partial charge in [0.1, 0.15) is 0 Å². The highest BCUT2D eigenvalue weighted by Gasteiger charge is 2.26. The van der Waals surface area contributed by atoms with Crippen LogP contribution in [-0.4, -0.2) is 22.9 Å². The fourth-order valence-corrected chi connectivity index (χ4v) is 3.45. The molecule has 2 aromatic carbocycles. The number of ether oxygens (including phenoxy) is 1. The molecule has 8 heteroatoms. The number of aryl methyl sites for hydroxylation is 1. The van der Waals surface area contributed by atoms with Crippen LogP contribution in [0, 0.1) is 10.1 Å². The number of hydrogen-bond acceptors (Lipinski definition) is 5. The van der Waals surface area contributed by atoms with Gasteiger partial charge in [-0.3, -0.25) is 14.9 Å². The van der Waals surface area contributed by atoms with Gasteiger partial charge in [0, 0.05) is 12.1 Å². The van der Waals surface area contributed by atoms with Crippen LogP contribution in [0.25, 0.3) is 0 Å². The SMILES string of the molecule is C[C@H](OC(=O)c1cc([N+](=O)[O-])ccc1Cl)C(=O)N[C@H]1CCCc2ccccc21. The summed E-state index contributed by atoms with van der Waals surface area (Å²) in [5.74, 6) is -1.32. The molecular formula is C20H19ClN2O5. The Morgan fingerprint density at radius 3 is 2.79 bits per heavy atom. The van der Waals surface area contributed by atoms with Crippen LogP contribution in [-0.2, 0) is 16.0 Å². The number of rotatable bonds is 5. The maximum Gasteiger partial charge on any atom is 0.340 e. The Balaban J connectivity index is 1.67. The molecule has 3 rings (SSSR count). The number of nitrogens with one attached hydrogen (secondary N) is 1. The van der Waals surface area contributed by atoms with Crippen molar-refractivity contribution in [2.75, 3.05) is 0 Å². The predicted molar refractivity (Wildman–Crippen MR) is 103 cm³/mol. The highest BCUT2D eigenvalue weighted by atomic mass is 35.5. The van der Waals surface area contributed by atoms with Crippen LogP contribution in [0.5, 0.6) is 0 Å². The number of halogens is 1. The van der Waals surface area contributed by atoms with E-state index in [1.165, 1.54) is 24.6 Å². The number of carbonyl (C=O) groups is 2. The Hall–Kier alpha value is -2.93. The number of nitro benzene ring substituents is 1. The number of nitro groups is 1. The Labute approximate surface area is 166 Å². The lowest BCUT2D eigenvalue weighted by Gasteiger charge is -2.27. The topological polar surface area (TPSA) is 98.5 Å². The first-order chi connectivity index (χ1) is 13.4. The van der Waals surface area contributed by atoms with E-state index in [1.54, 1.807) is 0 Å². The van der Waals surface area contributed by atoms with Gasteiger partial charge < -0.3 is 10.1 Å². The molecule has 2 aromatic rings. The second-order valence-electron chi connectivity index (χ2n) is 6.62. The summed E-state index contributed by atoms with van der Waals surface area (Å²) in [7, 11) is 0. The van der Waals surface area contributed by atoms with E-state index >= 15 is 0 Å². The second-order valence-corrected chi connectivity index (χ2v) is 7.03. The quantitative estimate of drug-likeness (QED) is 0.463. The lowest BCUT2D eigenvalue weighted by Crippen LogP contribution is -2.39. The third-order valence-corrected chi connectivity index (χ3v) is 5.05. The second kappa shape index (κ2) is 8.39. The zero-order valence-electron chi connectivity index (χ0n) is 15.2. The van der Waals surface area contributed by atoms with Gasteiger partial charge in [0.25, 0.3) is 11.6 Å². The summed E-state index contributed by atoms with van der Waals surface area (Å²) in [5, 5.41) is 13.8. The number of fused-ring (bicyclic) bond motifs is 1. The molecule has 0 saturated carbocycles. The van der Waals surface area contributed by atoms with Crippen molar-refractivity contribution in [3.63, 3.8) is 0 Å². The van der Waals surface area contributed by atoms with Crippen molar-refractivity contribution in [2.24, 2.45) is 0 Å². The van der Waals surface area contributed by atoms with Crippen LogP contribution in [0.1, 0.15) is 47.3 Å². The van der Waals surface area contributed by atoms with Crippen molar-refractivity contribution < 1.29 is 19.2 Å². The summed E-state index contributed by atoms with van der Waals surface area (Å²) in [6, 6.07) is 11.3. The number of amides is 1. The molecule has 0 heterocycles. The highest BCUT2D eigenvalue weighted by Crippen LogP contribution is 2.29. The number of nitrogens with zero attached hydrogens (tertiary/aromatic N) is 1. The Morgan fingerprint density at radius 2 is 2.04 bits per heavy atom. The number of hydrogen-bond donors (Lipinski definition) is 1. The predicted octanol–water partition coefficient (Wildman–Crippen LogP) is 3.99. The van der Waals surface area contributed by atoms with Crippen LogP contribution in [0.2, 0.25) is 5.02 Å². The minimum atomic E-state index is -1.07. The van der Waals surface area contributed by atoms with Crippen LogP contribution in [0.4, 0.5) is 5.69 Å². The van der Waals surface area contributed by atoms with E-state index < -0.39 is 22.9 Å². The van der Waals surface area contributed by atoms with Crippen LogP contribution in [0.3, 0.4) is 0 Å². The van der Waals surface area contributed by atoms with E-state index in [2.05, 4.69) is 5.32 Å². The van der Waals surface area contributed by atoms with Gasteiger partial charge in [0.05, 0.1) is 21.6 Å². The molecule has 0 unspecified atom stereocenters. The molecule has 28 heavy (non-hydrogen) atoms. The average molecular weight is 403 g/mol. The van der Waals surface area contributed by atoms with E-state index in [1.807, 2.05) is 24.3 Å². The highest BCUT2D eigenvalue weighted by molar-refractivity contribution is 6.33. The van der Waals surface area contributed by atoms with Gasteiger partial charge in [-0.05, 0) is 43.4 Å². The molecule has 146 valence electrons. The van der Waals surface area contributed by atoms with E-state index in [4.69, 9.17) is 16.3 Å². The summed E-state index contributed by atoms with van der Waals surface area (Å²) >= 11 is 5.95. The fourth-order valence-electron chi connectivity index (χ4n) is 3.25. The maximum atomic E-state index is 12.5. The molecule has 0 aromatic heterocycles. The first-order valence-electron chi connectivity index (χ1n) is 8.90. The molecule has 1 amide bonds. The van der Waals surface area contributed by atoms with Crippen molar-refractivity contribution in [3.8, 4) is 0 Å². The first-order valence-corrected chi connectivity index (χ1v) is 9.27. The third kappa shape index (κ3) is 4.31. The van der Waals surface area contributed by atoms with E-state index in [0.717, 1.165) is 30.9 Å². The van der Waals surface area contributed by atoms with Crippen molar-refractivity contribution in [1.29, 1.82) is 0 Å². The number of carbonyl (C=O) groups excluding carboxylic acids is 2. The van der Waals surface area contributed by atoms with Crippen LogP contribution in [0.15, 0.2) is 42.5 Å². The normalized spacial score (nSPS) is 16.6. The number of non-ortho nitro benzene ring substituents is 1. The van der Waals surface area contributed by atoms with Crippen molar-refractivity contribution in [1.82, 2.24) is 5.32 Å². The van der Waals surface area contributed by atoms with Crippen molar-refractivity contribution in [3.05, 3.63) is 74.3 Å². The molecule has 0 spiro atoms. The zero-order chi connectivity index (χ0) is 20.3. The molecule has 1 aliphatic carbocycles. The Morgan fingerprint density at radius 1 is 1.29 bits per heavy atom. The molecular weight excluding hydrogens is 384 g/mol. The molecule has 1 aliphatic rings. The molecule has 2 atom stereocenters. The minimum absolute atomic E-state index is 0.0180. The van der Waals surface area contributed by atoms with Gasteiger partial charge in [-0.1, -0.05) is 35.9 Å². The molecule has 7 nitrogen and oxygen atoms in total. The molecule has 0 fully saturated rings. The van der Waals surface area contributed by atoms with Crippen LogP contribution < -0.4 is 5.32 Å². The lowest BCUT2D eigenvalue weighted by atomic mass is 9.87. The summed E-state index contributed by atoms with van der Waals surface area (Å²) in [6.07, 6.45) is 1.66. The fraction of sp³-hybridized carbons (Fsp3) is 0.300. The third-order valence-electron chi connectivity index (χ3n) is 4.72. The van der Waals surface area contributed by atoms with E-state index in [9.17, 15) is 19.7 Å². The Kier molecular flexibility index (Phi) is 5.94. The monoisotopic (exact) mass is 402 g/mol. The van der Waals surface area contributed by atoms with Gasteiger partial charge in [0.15, 0.2) is 6.10 Å². The summed E-state index contributed by atoms with van der Waals surface area (Å²) < 4.78 is 5.19. The summed E-state index contributed by atoms with van der Waals surface area (Å²) in [5.41, 5.74) is 1.83. The molecule has 1 N–H and O–H groups in total. The van der Waals surface area contributed by atoms with Gasteiger partial charge >= 0.3 is 5.97 Å². The molecule has 0 radical (unpaired) electrons. The van der Waals surface area contributed by atoms with Gasteiger partial charge in [-0.15, -0.1) is 0 Å². The standard InChI is InChI=1S/C20H19ClN2O5/c1-12(28-20(25)16-11-14(23(26)27)9-10-17(16)21)19(24)22-18-8-4-6-13-5-2-3-7-15(13)18/h2-3,5,7,9-12,18H,4,6,8H2,1H3,(H,22,24)/t12-,18-/m0/s1. The van der Waals surface area contributed by atoms with Crippen LogP contribution >= 0.6 is 11.6 Å². The molecule has 0 aliphatic heterocycles. The smallest absolute Gasteiger partial charge is 0.340 e. The van der Waals surface area contributed by atoms with Crippen molar-refractivity contribution in [2.45, 2.75) is 38.3 Å². The number of esters is 1. The van der Waals surface area contributed by atoms with E-state index in [-0.39, 0.29) is 22.3 Å². The zero-order valence-corrected chi connectivity index (χ0v) is 15.9. The number of benzene rings is 2. The molecule has 0 saturated heterocycles. The van der Waals surface area contributed by atoms with Crippen molar-refractivity contribution >= 4 is 29.2 Å². The summed E-state index contributed by atoms with van der Waals surface area (Å²) in [6.45, 7) is 1.45. The first kappa shape index (κ1) is 19.8. The minimum Gasteiger partial charge on any atom is -0.449 e. The summed E-state index contributed by atoms with van der Waals surface area (Å²) in [4.78, 5) is 35.1.